The van der Waals surface area contributed by atoms with Crippen LogP contribution in [0.5, 0.6) is 0 Å². The van der Waals surface area contributed by atoms with Crippen molar-refractivity contribution in [2.45, 2.75) is 32.7 Å². The largest absolute Gasteiger partial charge is 0.385 e. The van der Waals surface area contributed by atoms with Crippen molar-refractivity contribution < 1.29 is 5.11 Å². The maximum atomic E-state index is 9.33. The molecule has 0 aromatic carbocycles. The van der Waals surface area contributed by atoms with Gasteiger partial charge in [-0.3, -0.25) is 0 Å². The molecule has 0 aromatic heterocycles. The molecule has 0 aliphatic heterocycles. The molecule has 0 radical (unpaired) electrons. The number of hydrogen-bond donors (Lipinski definition) is 1. The molecule has 0 aliphatic rings. The van der Waals surface area contributed by atoms with Gasteiger partial charge in [-0.25, -0.2) is 0 Å². The molecule has 0 rings (SSSR count). The van der Waals surface area contributed by atoms with Crippen LogP contribution < -0.4 is 0 Å². The van der Waals surface area contributed by atoms with Gasteiger partial charge in [-0.05, 0) is 12.5 Å². The number of rotatable bonds is 3. The Balaban J connectivity index is 4.04. The molecule has 1 unspecified atom stereocenters. The molecule has 2 heteroatoms. The van der Waals surface area contributed by atoms with Crippen molar-refractivity contribution in [3.05, 3.63) is 23.9 Å². The van der Waals surface area contributed by atoms with Crippen molar-refractivity contribution in [1.29, 1.82) is 0 Å². The third-order valence-electron chi connectivity index (χ3n) is 1.28. The molecule has 0 heterocycles. The summed E-state index contributed by atoms with van der Waals surface area (Å²) in [7, 11) is -1.15. The Morgan fingerprint density at radius 1 is 1.45 bits per heavy atom. The second kappa shape index (κ2) is 3.88. The first-order valence-corrected chi connectivity index (χ1v) is 7.43. The van der Waals surface area contributed by atoms with Gasteiger partial charge in [0.2, 0.25) is 0 Å². The third kappa shape index (κ3) is 6.07. The van der Waals surface area contributed by atoms with Crippen LogP contribution in [0.2, 0.25) is 19.6 Å². The van der Waals surface area contributed by atoms with Crippen LogP contribution in [0.15, 0.2) is 23.9 Å². The zero-order valence-corrected chi connectivity index (χ0v) is 8.89. The van der Waals surface area contributed by atoms with Gasteiger partial charge in [-0.15, -0.1) is 0 Å². The van der Waals surface area contributed by atoms with Crippen molar-refractivity contribution in [3.8, 4) is 0 Å². The molecule has 0 aromatic rings. The molecule has 0 saturated heterocycles. The van der Waals surface area contributed by atoms with Gasteiger partial charge in [0.05, 0.1) is 14.2 Å². The fourth-order valence-electron chi connectivity index (χ4n) is 0.544. The van der Waals surface area contributed by atoms with E-state index in [4.69, 9.17) is 0 Å². The second-order valence-electron chi connectivity index (χ2n) is 4.02. The molecule has 0 amide bonds. The monoisotopic (exact) mass is 170 g/mol. The van der Waals surface area contributed by atoms with Crippen LogP contribution in [-0.2, 0) is 0 Å². The van der Waals surface area contributed by atoms with Crippen LogP contribution in [0, 0.1) is 0 Å². The Labute approximate surface area is 70.5 Å². The van der Waals surface area contributed by atoms with E-state index in [9.17, 15) is 5.11 Å². The minimum Gasteiger partial charge on any atom is -0.385 e. The van der Waals surface area contributed by atoms with Gasteiger partial charge >= 0.3 is 0 Å². The molecule has 0 bridgehead atoms. The summed E-state index contributed by atoms with van der Waals surface area (Å²) in [6.45, 7) is 12.2. The van der Waals surface area contributed by atoms with E-state index in [2.05, 4.69) is 31.9 Å². The van der Waals surface area contributed by atoms with Crippen molar-refractivity contribution in [1.82, 2.24) is 0 Å². The normalized spacial score (nSPS) is 15.4. The summed E-state index contributed by atoms with van der Waals surface area (Å²) in [6.07, 6.45) is 1.39. The summed E-state index contributed by atoms with van der Waals surface area (Å²) in [5, 5.41) is 9.33. The van der Waals surface area contributed by atoms with E-state index in [1.807, 2.05) is 13.0 Å². The second-order valence-corrected chi connectivity index (χ2v) is 9.08. The molecule has 1 nitrogen and oxygen atoms in total. The zero-order valence-electron chi connectivity index (χ0n) is 7.89. The molecule has 0 spiro atoms. The standard InChI is InChI=1S/C9H18OSi/c1-8(2)9(10)6-7-11(3,4)5/h6-7,9-10H,1H2,2-5H3. The van der Waals surface area contributed by atoms with Crippen LogP contribution in [0.25, 0.3) is 0 Å². The summed E-state index contributed by atoms with van der Waals surface area (Å²) in [4.78, 5) is 0. The van der Waals surface area contributed by atoms with Crippen molar-refractivity contribution in [2.24, 2.45) is 0 Å². The van der Waals surface area contributed by atoms with Crippen LogP contribution in [0.1, 0.15) is 6.92 Å². The predicted octanol–water partition coefficient (Wildman–Crippen LogP) is 2.36. The summed E-state index contributed by atoms with van der Waals surface area (Å²) < 4.78 is 0. The van der Waals surface area contributed by atoms with Gasteiger partial charge in [0.1, 0.15) is 0 Å². The molecule has 11 heavy (non-hydrogen) atoms. The van der Waals surface area contributed by atoms with Crippen LogP contribution in [0.3, 0.4) is 0 Å². The maximum absolute atomic E-state index is 9.33. The minimum atomic E-state index is -1.15. The van der Waals surface area contributed by atoms with E-state index >= 15 is 0 Å². The molecular weight excluding hydrogens is 152 g/mol. The Morgan fingerprint density at radius 2 is 1.91 bits per heavy atom. The summed E-state index contributed by atoms with van der Waals surface area (Å²) >= 11 is 0. The third-order valence-corrected chi connectivity index (χ3v) is 2.48. The lowest BCUT2D eigenvalue weighted by molar-refractivity contribution is 0.260. The fourth-order valence-corrected chi connectivity index (χ4v) is 1.30. The lowest BCUT2D eigenvalue weighted by Crippen LogP contribution is -2.17. The average molecular weight is 170 g/mol. The minimum absolute atomic E-state index is 0.457. The Bertz CT molecular complexity index is 165. The van der Waals surface area contributed by atoms with Crippen LogP contribution in [-0.4, -0.2) is 19.3 Å². The number of aliphatic hydroxyl groups excluding tert-OH is 1. The summed E-state index contributed by atoms with van der Waals surface area (Å²) in [5.41, 5.74) is 2.94. The van der Waals surface area contributed by atoms with Crippen LogP contribution in [0.4, 0.5) is 0 Å². The SMILES string of the molecule is C=C(C)C(O)C=C[Si](C)(C)C. The van der Waals surface area contributed by atoms with Crippen molar-refractivity contribution >= 4 is 8.07 Å². The van der Waals surface area contributed by atoms with Gasteiger partial charge in [0.25, 0.3) is 0 Å². The highest BCUT2D eigenvalue weighted by Crippen LogP contribution is 2.05. The zero-order chi connectivity index (χ0) is 9.07. The number of hydrogen-bond acceptors (Lipinski definition) is 1. The fraction of sp³-hybridized carbons (Fsp3) is 0.556. The molecular formula is C9H18OSi. The van der Waals surface area contributed by atoms with Gasteiger partial charge in [-0.2, -0.15) is 0 Å². The quantitative estimate of drug-likeness (QED) is 0.509. The van der Waals surface area contributed by atoms with Gasteiger partial charge in [0, 0.05) is 0 Å². The van der Waals surface area contributed by atoms with Crippen LogP contribution >= 0.6 is 0 Å². The first-order valence-electron chi connectivity index (χ1n) is 3.86. The summed E-state index contributed by atoms with van der Waals surface area (Å²) in [6, 6.07) is 0. The summed E-state index contributed by atoms with van der Waals surface area (Å²) in [5.74, 6) is 0. The first kappa shape index (κ1) is 10.7. The molecule has 1 N–H and O–H groups in total. The Kier molecular flexibility index (Phi) is 3.76. The predicted molar refractivity (Wildman–Crippen MR) is 53.3 cm³/mol. The topological polar surface area (TPSA) is 20.2 Å². The molecule has 0 aliphatic carbocycles. The molecule has 1 atom stereocenters. The lowest BCUT2D eigenvalue weighted by atomic mass is 10.2. The van der Waals surface area contributed by atoms with Crippen molar-refractivity contribution in [2.75, 3.05) is 0 Å². The van der Waals surface area contributed by atoms with Crippen molar-refractivity contribution in [3.63, 3.8) is 0 Å². The smallest absolute Gasteiger partial charge is 0.0922 e. The van der Waals surface area contributed by atoms with E-state index in [1.54, 1.807) is 0 Å². The Morgan fingerprint density at radius 3 is 2.18 bits per heavy atom. The van der Waals surface area contributed by atoms with Gasteiger partial charge in [-0.1, -0.05) is 38.0 Å². The lowest BCUT2D eigenvalue weighted by Gasteiger charge is -2.10. The van der Waals surface area contributed by atoms with E-state index in [1.165, 1.54) is 0 Å². The van der Waals surface area contributed by atoms with E-state index < -0.39 is 14.2 Å². The van der Waals surface area contributed by atoms with Gasteiger partial charge < -0.3 is 5.11 Å². The average Bonchev–Trinajstić information content (AvgIpc) is 1.80. The number of aliphatic hydroxyl groups is 1. The highest BCUT2D eigenvalue weighted by atomic mass is 28.3. The van der Waals surface area contributed by atoms with Gasteiger partial charge in [0.15, 0.2) is 0 Å². The first-order chi connectivity index (χ1) is 4.83. The van der Waals surface area contributed by atoms with E-state index in [-0.39, 0.29) is 0 Å². The molecule has 0 saturated carbocycles. The highest BCUT2D eigenvalue weighted by Gasteiger charge is 2.08. The molecule has 0 fully saturated rings. The Hall–Kier alpha value is -0.343. The van der Waals surface area contributed by atoms with E-state index in [0.29, 0.717) is 0 Å². The highest BCUT2D eigenvalue weighted by molar-refractivity contribution is 6.80. The molecule has 64 valence electrons. The maximum Gasteiger partial charge on any atom is 0.0922 e. The van der Waals surface area contributed by atoms with E-state index in [0.717, 1.165) is 5.57 Å².